The first kappa shape index (κ1) is 19.0. The molecule has 0 aromatic rings. The van der Waals surface area contributed by atoms with Crippen LogP contribution in [0.4, 0.5) is 9.59 Å². The molecular formula is C19H29NO6. The third-order valence-electron chi connectivity index (χ3n) is 5.61. The Hall–Kier alpha value is -1.79. The number of carbonyl (C=O) groups is 3. The van der Waals surface area contributed by atoms with E-state index < -0.39 is 23.1 Å². The second kappa shape index (κ2) is 6.13. The lowest BCUT2D eigenvalue weighted by molar-refractivity contribution is -0.258. The van der Waals surface area contributed by atoms with Crippen molar-refractivity contribution in [1.82, 2.24) is 4.90 Å². The zero-order valence-electron chi connectivity index (χ0n) is 16.3. The van der Waals surface area contributed by atoms with E-state index in [2.05, 4.69) is 0 Å². The van der Waals surface area contributed by atoms with E-state index in [1.165, 1.54) is 0 Å². The summed E-state index contributed by atoms with van der Waals surface area (Å²) >= 11 is 0. The summed E-state index contributed by atoms with van der Waals surface area (Å²) in [5, 5.41) is 0. The highest BCUT2D eigenvalue weighted by Gasteiger charge is 2.75. The molecule has 0 aromatic heterocycles. The van der Waals surface area contributed by atoms with Crippen molar-refractivity contribution in [1.29, 1.82) is 0 Å². The predicted molar refractivity (Wildman–Crippen MR) is 92.3 cm³/mol. The maximum atomic E-state index is 12.2. The third-order valence-corrected chi connectivity index (χ3v) is 5.61. The molecule has 4 aliphatic rings. The molecule has 0 aromatic carbocycles. The maximum Gasteiger partial charge on any atom is 0.516 e. The van der Waals surface area contributed by atoms with Gasteiger partial charge in [0.25, 0.3) is 0 Å². The minimum atomic E-state index is -0.901. The van der Waals surface area contributed by atoms with Crippen molar-refractivity contribution in [3.63, 3.8) is 0 Å². The highest BCUT2D eigenvalue weighted by Crippen LogP contribution is 2.77. The van der Waals surface area contributed by atoms with Crippen LogP contribution in [0.15, 0.2) is 0 Å². The van der Waals surface area contributed by atoms with E-state index in [0.717, 1.165) is 19.3 Å². The summed E-state index contributed by atoms with van der Waals surface area (Å²) in [7, 11) is 0. The zero-order chi connectivity index (χ0) is 19.3. The van der Waals surface area contributed by atoms with Gasteiger partial charge in [-0.2, -0.15) is 0 Å². The fourth-order valence-corrected chi connectivity index (χ4v) is 4.31. The van der Waals surface area contributed by atoms with Gasteiger partial charge < -0.3 is 19.1 Å². The van der Waals surface area contributed by atoms with E-state index in [1.54, 1.807) is 4.90 Å². The van der Waals surface area contributed by atoms with Gasteiger partial charge in [0.05, 0.1) is 12.0 Å². The molecule has 1 aliphatic heterocycles. The molecule has 2 bridgehead atoms. The Labute approximate surface area is 154 Å². The van der Waals surface area contributed by atoms with Crippen molar-refractivity contribution in [3.8, 4) is 0 Å². The minimum Gasteiger partial charge on any atom is -0.444 e. The third kappa shape index (κ3) is 3.40. The van der Waals surface area contributed by atoms with E-state index in [1.807, 2.05) is 34.6 Å². The van der Waals surface area contributed by atoms with Crippen LogP contribution in [0.5, 0.6) is 0 Å². The normalized spacial score (nSPS) is 30.0. The van der Waals surface area contributed by atoms with E-state index in [-0.39, 0.29) is 24.0 Å². The van der Waals surface area contributed by atoms with E-state index >= 15 is 0 Å². The largest absolute Gasteiger partial charge is 0.516 e. The Bertz CT molecular complexity index is 594. The van der Waals surface area contributed by atoms with Crippen molar-refractivity contribution in [2.45, 2.75) is 59.5 Å². The summed E-state index contributed by atoms with van der Waals surface area (Å²) in [5.74, 6) is 0.136. The Kier molecular flexibility index (Phi) is 4.48. The molecule has 0 spiro atoms. The fourth-order valence-electron chi connectivity index (χ4n) is 4.31. The zero-order valence-corrected chi connectivity index (χ0v) is 16.3. The summed E-state index contributed by atoms with van der Waals surface area (Å²) in [6, 6.07) is 0. The van der Waals surface area contributed by atoms with Gasteiger partial charge in [0.1, 0.15) is 5.60 Å². The molecular weight excluding hydrogens is 338 g/mol. The van der Waals surface area contributed by atoms with Crippen LogP contribution in [0.1, 0.15) is 53.9 Å². The second-order valence-corrected chi connectivity index (χ2v) is 9.60. The SMILES string of the molecule is CC(C)COC(=O)OC(=O)C12CC(C3CN(C(=O)OC(C)(C)C)C3)(C1)C2. The number of hydrogen-bond donors (Lipinski definition) is 0. The van der Waals surface area contributed by atoms with Gasteiger partial charge in [0, 0.05) is 19.0 Å². The van der Waals surface area contributed by atoms with Crippen LogP contribution in [0.3, 0.4) is 0 Å². The number of nitrogens with zero attached hydrogens (tertiary/aromatic N) is 1. The van der Waals surface area contributed by atoms with Gasteiger partial charge in [0.2, 0.25) is 0 Å². The summed E-state index contributed by atoms with van der Waals surface area (Å²) in [5.41, 5.74) is -0.876. The van der Waals surface area contributed by atoms with Crippen molar-refractivity contribution in [2.24, 2.45) is 22.7 Å². The molecule has 0 radical (unpaired) electrons. The molecule has 0 unspecified atom stereocenters. The molecule has 7 nitrogen and oxygen atoms in total. The molecule has 26 heavy (non-hydrogen) atoms. The van der Waals surface area contributed by atoms with Crippen LogP contribution in [-0.4, -0.2) is 48.4 Å². The topological polar surface area (TPSA) is 82.1 Å². The highest BCUT2D eigenvalue weighted by atomic mass is 16.7. The molecule has 0 atom stereocenters. The average molecular weight is 367 g/mol. The maximum absolute atomic E-state index is 12.2. The Morgan fingerprint density at radius 3 is 2.19 bits per heavy atom. The number of rotatable bonds is 4. The summed E-state index contributed by atoms with van der Waals surface area (Å²) in [6.07, 6.45) is 1.04. The first-order chi connectivity index (χ1) is 11.9. The lowest BCUT2D eigenvalue weighted by atomic mass is 9.31. The van der Waals surface area contributed by atoms with Crippen LogP contribution in [-0.2, 0) is 19.0 Å². The highest BCUT2D eigenvalue weighted by molar-refractivity contribution is 5.89. The van der Waals surface area contributed by atoms with Gasteiger partial charge in [-0.1, -0.05) is 13.8 Å². The number of esters is 1. The van der Waals surface area contributed by atoms with Gasteiger partial charge in [-0.05, 0) is 51.4 Å². The van der Waals surface area contributed by atoms with Crippen molar-refractivity contribution in [2.75, 3.05) is 19.7 Å². The van der Waals surface area contributed by atoms with E-state index in [0.29, 0.717) is 19.0 Å². The molecule has 146 valence electrons. The van der Waals surface area contributed by atoms with Crippen LogP contribution in [0.2, 0.25) is 0 Å². The van der Waals surface area contributed by atoms with Crippen molar-refractivity contribution >= 4 is 18.2 Å². The van der Waals surface area contributed by atoms with Gasteiger partial charge >= 0.3 is 18.2 Å². The standard InChI is InChI=1S/C19H29NO6/c1-12(2)8-24-16(23)25-14(21)19-9-18(10-19,11-19)13-6-20(7-13)15(22)26-17(3,4)5/h12-13H,6-11H2,1-5H3. The summed E-state index contributed by atoms with van der Waals surface area (Å²) in [4.78, 5) is 37.5. The summed E-state index contributed by atoms with van der Waals surface area (Å²) < 4.78 is 15.1. The van der Waals surface area contributed by atoms with Crippen LogP contribution in [0.25, 0.3) is 0 Å². The van der Waals surface area contributed by atoms with Gasteiger partial charge in [-0.25, -0.2) is 9.59 Å². The molecule has 4 rings (SSSR count). The number of likely N-dealkylation sites (tertiary alicyclic amines) is 1. The Morgan fingerprint density at radius 2 is 1.69 bits per heavy atom. The molecule has 1 amide bonds. The lowest BCUT2D eigenvalue weighted by Gasteiger charge is -2.73. The van der Waals surface area contributed by atoms with Gasteiger partial charge in [-0.15, -0.1) is 0 Å². The van der Waals surface area contributed by atoms with E-state index in [9.17, 15) is 14.4 Å². The molecule has 4 fully saturated rings. The van der Waals surface area contributed by atoms with Gasteiger partial charge in [0.15, 0.2) is 0 Å². The number of carbonyl (C=O) groups excluding carboxylic acids is 3. The second-order valence-electron chi connectivity index (χ2n) is 9.60. The number of ether oxygens (including phenoxy) is 3. The molecule has 7 heteroatoms. The molecule has 1 saturated heterocycles. The quantitative estimate of drug-likeness (QED) is 0.560. The predicted octanol–water partition coefficient (Wildman–Crippen LogP) is 3.36. The van der Waals surface area contributed by atoms with Crippen molar-refractivity contribution < 1.29 is 28.6 Å². The lowest BCUT2D eigenvalue weighted by Crippen LogP contribution is -2.73. The minimum absolute atomic E-state index is 0.124. The first-order valence-electron chi connectivity index (χ1n) is 9.32. The smallest absolute Gasteiger partial charge is 0.444 e. The van der Waals surface area contributed by atoms with Crippen LogP contribution >= 0.6 is 0 Å². The van der Waals surface area contributed by atoms with Crippen molar-refractivity contribution in [3.05, 3.63) is 0 Å². The Morgan fingerprint density at radius 1 is 1.12 bits per heavy atom. The fraction of sp³-hybridized carbons (Fsp3) is 0.842. The molecule has 0 N–H and O–H groups in total. The van der Waals surface area contributed by atoms with Crippen LogP contribution in [0, 0.1) is 22.7 Å². The Balaban J connectivity index is 1.40. The molecule has 3 saturated carbocycles. The molecule has 1 heterocycles. The molecule has 3 aliphatic carbocycles. The average Bonchev–Trinajstić information content (AvgIpc) is 2.33. The number of hydrogen-bond acceptors (Lipinski definition) is 6. The monoisotopic (exact) mass is 367 g/mol. The van der Waals surface area contributed by atoms with E-state index in [4.69, 9.17) is 14.2 Å². The van der Waals surface area contributed by atoms with Crippen LogP contribution < -0.4 is 0 Å². The number of amides is 1. The van der Waals surface area contributed by atoms with Gasteiger partial charge in [-0.3, -0.25) is 4.79 Å². The summed E-state index contributed by atoms with van der Waals surface area (Å²) in [6.45, 7) is 11.0. The first-order valence-corrected chi connectivity index (χ1v) is 9.32.